The van der Waals surface area contributed by atoms with Gasteiger partial charge in [0.1, 0.15) is 5.82 Å². The molecule has 0 saturated heterocycles. The molecule has 0 bridgehead atoms. The van der Waals surface area contributed by atoms with Crippen molar-refractivity contribution in [3.63, 3.8) is 0 Å². The topological polar surface area (TPSA) is 169 Å². The van der Waals surface area contributed by atoms with Gasteiger partial charge in [-0.1, -0.05) is 30.1 Å². The van der Waals surface area contributed by atoms with Crippen LogP contribution in [0.2, 0.25) is 10.0 Å². The molecule has 0 aliphatic carbocycles. The van der Waals surface area contributed by atoms with Crippen LogP contribution < -0.4 is 33.9 Å². The van der Waals surface area contributed by atoms with E-state index in [1.807, 2.05) is 0 Å². The first-order valence-electron chi connectivity index (χ1n) is 8.72. The second kappa shape index (κ2) is 14.7. The van der Waals surface area contributed by atoms with E-state index in [-0.39, 0.29) is 74.6 Å². The summed E-state index contributed by atoms with van der Waals surface area (Å²) in [6, 6.07) is 5.83. The molecule has 2 rings (SSSR count). The zero-order valence-electron chi connectivity index (χ0n) is 18.9. The van der Waals surface area contributed by atoms with E-state index >= 15 is 0 Å². The monoisotopic (exact) mass is 666 g/mol. The molecule has 2 N–H and O–H groups in total. The van der Waals surface area contributed by atoms with Gasteiger partial charge < -0.3 is 10.3 Å². The Hall–Kier alpha value is -0.170. The standard InChI is InChI=1S/C17H15BrCl2FNO5S2.Na.H2O4S.H/c1-2-29(26,27)6-5-22(28(24)25)16-9-13(18)12(8-15(16)20)17(23)11-4-3-10(21)7-14(11)19;;1-5(2,3)4;/h3-4,7-9H,2,5-6H2,1H3,(H,24,25);;(H2,1,2,3,4);/q;+1;;-1/p-1. The fourth-order valence-corrected chi connectivity index (χ4v) is 4.86. The van der Waals surface area contributed by atoms with E-state index in [2.05, 4.69) is 15.9 Å². The van der Waals surface area contributed by atoms with E-state index in [1.54, 1.807) is 0 Å². The summed E-state index contributed by atoms with van der Waals surface area (Å²) >= 11 is 12.5. The zero-order chi connectivity index (χ0) is 26.4. The van der Waals surface area contributed by atoms with Gasteiger partial charge >= 0.3 is 40.0 Å². The fourth-order valence-electron chi connectivity index (χ4n) is 2.36. The number of hydrogen-bond acceptors (Lipinski definition) is 7. The third kappa shape index (κ3) is 11.8. The number of anilines is 1. The zero-order valence-corrected chi connectivity index (χ0v) is 25.5. The Labute approximate surface area is 246 Å². The quantitative estimate of drug-likeness (QED) is 0.177. The molecule has 2 aromatic carbocycles. The largest absolute Gasteiger partial charge is 1.00 e. The third-order valence-corrected chi connectivity index (χ3v) is 7.65. The second-order valence-electron chi connectivity index (χ2n) is 6.24. The van der Waals surface area contributed by atoms with Gasteiger partial charge in [-0.05, 0) is 46.3 Å². The van der Waals surface area contributed by atoms with Crippen molar-refractivity contribution in [1.82, 2.24) is 0 Å². The number of benzene rings is 2. The normalized spacial score (nSPS) is 12.1. The summed E-state index contributed by atoms with van der Waals surface area (Å²) in [6.07, 6.45) is 0. The number of carbonyl (C=O) groups is 1. The molecular weight excluding hydrogens is 651 g/mol. The summed E-state index contributed by atoms with van der Waals surface area (Å²) in [5.74, 6) is -1.68. The van der Waals surface area contributed by atoms with Gasteiger partial charge in [0.25, 0.3) is 0 Å². The Morgan fingerprint density at radius 1 is 1.14 bits per heavy atom. The number of carbonyl (C=O) groups excluding carboxylic acids is 1. The number of nitrogens with zero attached hydrogens (tertiary/aromatic N) is 1. The molecule has 0 aliphatic heterocycles. The molecular formula is C17H17BrCl2FNNaO9S3-. The van der Waals surface area contributed by atoms with E-state index in [0.717, 1.165) is 16.4 Å². The van der Waals surface area contributed by atoms with E-state index in [4.69, 9.17) is 40.7 Å². The number of sulfone groups is 1. The molecule has 1 atom stereocenters. The van der Waals surface area contributed by atoms with E-state index in [1.165, 1.54) is 25.1 Å². The van der Waals surface area contributed by atoms with Crippen LogP contribution in [0.25, 0.3) is 0 Å². The fraction of sp³-hybridized carbons (Fsp3) is 0.235. The van der Waals surface area contributed by atoms with Gasteiger partial charge in [-0.2, -0.15) is 8.42 Å². The van der Waals surface area contributed by atoms with Crippen LogP contribution in [0.3, 0.4) is 0 Å². The van der Waals surface area contributed by atoms with Crippen molar-refractivity contribution in [3.05, 3.63) is 61.8 Å². The molecule has 10 nitrogen and oxygen atoms in total. The molecule has 0 spiro atoms. The number of halogens is 4. The average Bonchev–Trinajstić information content (AvgIpc) is 2.68. The second-order valence-corrected chi connectivity index (χ2v) is 12.2. The number of ketones is 1. The van der Waals surface area contributed by atoms with Crippen LogP contribution in [0, 0.1) is 5.82 Å². The Morgan fingerprint density at radius 2 is 1.69 bits per heavy atom. The Balaban J connectivity index is 0. The van der Waals surface area contributed by atoms with E-state index in [9.17, 15) is 26.4 Å². The first-order chi connectivity index (χ1) is 15.5. The van der Waals surface area contributed by atoms with Gasteiger partial charge in [0.2, 0.25) is 0 Å². The predicted octanol–water partition coefficient (Wildman–Crippen LogP) is 0.625. The molecule has 0 amide bonds. The van der Waals surface area contributed by atoms with E-state index < -0.39 is 48.9 Å². The van der Waals surface area contributed by atoms with Crippen LogP contribution in [0.1, 0.15) is 24.3 Å². The van der Waals surface area contributed by atoms with Crippen LogP contribution in [0.4, 0.5) is 10.1 Å². The van der Waals surface area contributed by atoms with Gasteiger partial charge in [0.05, 0.1) is 21.5 Å². The summed E-state index contributed by atoms with van der Waals surface area (Å²) < 4.78 is 92.5. The van der Waals surface area contributed by atoms with Crippen molar-refractivity contribution in [2.75, 3.05) is 22.4 Å². The molecule has 1 unspecified atom stereocenters. The molecule has 0 aliphatic rings. The maximum Gasteiger partial charge on any atom is 1.00 e. The molecule has 0 radical (unpaired) electrons. The van der Waals surface area contributed by atoms with E-state index in [0.29, 0.717) is 0 Å². The summed E-state index contributed by atoms with van der Waals surface area (Å²) in [6.45, 7) is 1.12. The van der Waals surface area contributed by atoms with Crippen LogP contribution >= 0.6 is 39.1 Å². The molecule has 35 heavy (non-hydrogen) atoms. The average molecular weight is 668 g/mol. The first kappa shape index (κ1) is 34.8. The maximum atomic E-state index is 13.2. The summed E-state index contributed by atoms with van der Waals surface area (Å²) in [5, 5.41) is -0.179. The summed E-state index contributed by atoms with van der Waals surface area (Å²) in [7, 11) is -8.08. The van der Waals surface area contributed by atoms with Crippen LogP contribution in [0.15, 0.2) is 34.8 Å². The molecule has 0 fully saturated rings. The number of rotatable bonds is 8. The predicted molar refractivity (Wildman–Crippen MR) is 130 cm³/mol. The van der Waals surface area contributed by atoms with Crippen LogP contribution in [-0.2, 0) is 31.5 Å². The van der Waals surface area contributed by atoms with Crippen molar-refractivity contribution in [3.8, 4) is 0 Å². The number of hydrogen-bond donors (Lipinski definition) is 2. The maximum absolute atomic E-state index is 13.2. The minimum absolute atomic E-state index is 0. The molecule has 0 saturated carbocycles. The van der Waals surface area contributed by atoms with Gasteiger partial charge in [-0.25, -0.2) is 12.8 Å². The van der Waals surface area contributed by atoms with Crippen molar-refractivity contribution in [1.29, 1.82) is 0 Å². The van der Waals surface area contributed by atoms with Gasteiger partial charge in [-0.15, -0.1) is 0 Å². The van der Waals surface area contributed by atoms with Crippen molar-refractivity contribution < 1.29 is 74.9 Å². The minimum Gasteiger partial charge on any atom is -1.00 e. The third-order valence-electron chi connectivity index (χ3n) is 3.95. The smallest absolute Gasteiger partial charge is 1.00 e. The van der Waals surface area contributed by atoms with Gasteiger partial charge in [0, 0.05) is 39.2 Å². The molecule has 2 aromatic rings. The van der Waals surface area contributed by atoms with Crippen LogP contribution in [0.5, 0.6) is 0 Å². The van der Waals surface area contributed by atoms with Crippen molar-refractivity contribution in [2.45, 2.75) is 6.92 Å². The van der Waals surface area contributed by atoms with Crippen molar-refractivity contribution in [2.24, 2.45) is 0 Å². The SMILES string of the molecule is CCS(=O)(=O)CCN(c1cc(Br)c(C(=O)c2ccc(F)cc2Cl)cc1Cl)S(=O)[O-].O=S(=O)(O)O.[H-].[Na+]. The molecule has 0 aromatic heterocycles. The summed E-state index contributed by atoms with van der Waals surface area (Å²) in [4.78, 5) is 12.8. The molecule has 192 valence electrons. The van der Waals surface area contributed by atoms with Gasteiger partial charge in [-0.3, -0.25) is 18.1 Å². The first-order valence-corrected chi connectivity index (χ1v) is 14.5. The Kier molecular flexibility index (Phi) is 14.6. The van der Waals surface area contributed by atoms with Crippen LogP contribution in [-0.4, -0.2) is 58.5 Å². The Bertz CT molecular complexity index is 1310. The molecule has 18 heteroatoms. The van der Waals surface area contributed by atoms with Gasteiger partial charge in [0.15, 0.2) is 15.6 Å². The van der Waals surface area contributed by atoms with Crippen molar-refractivity contribution >= 4 is 82.1 Å². The minimum atomic E-state index is -4.67. The summed E-state index contributed by atoms with van der Waals surface area (Å²) in [5.41, 5.74) is 0.112. The Morgan fingerprint density at radius 3 is 2.14 bits per heavy atom. The molecule has 0 heterocycles.